The molecule has 24 heavy (non-hydrogen) atoms. The maximum absolute atomic E-state index is 10.9. The molecule has 4 rings (SSSR count). The molecule has 0 unspecified atom stereocenters. The topological polar surface area (TPSA) is 39.6 Å². The Bertz CT molecular complexity index is 630. The average Bonchev–Trinajstić information content (AvgIpc) is 3.19. The molecule has 0 atom stereocenters. The first-order valence-electron chi connectivity index (χ1n) is 8.90. The molecule has 128 valence electrons. The molecule has 2 fully saturated rings. The van der Waals surface area contributed by atoms with Gasteiger partial charge in [0.25, 0.3) is 0 Å². The predicted molar refractivity (Wildman–Crippen MR) is 98.5 cm³/mol. The Morgan fingerprint density at radius 1 is 1.08 bits per heavy atom. The summed E-state index contributed by atoms with van der Waals surface area (Å²) in [6, 6.07) is 8.82. The van der Waals surface area contributed by atoms with Crippen LogP contribution in [-0.4, -0.2) is 47.2 Å². The van der Waals surface area contributed by atoms with E-state index in [1.54, 1.807) is 11.3 Å². The molecule has 0 bridgehead atoms. The van der Waals surface area contributed by atoms with E-state index in [-0.39, 0.29) is 0 Å². The number of thiophene rings is 1. The van der Waals surface area contributed by atoms with E-state index in [2.05, 4.69) is 43.7 Å². The van der Waals surface area contributed by atoms with Crippen LogP contribution < -0.4 is 4.90 Å². The normalized spacial score (nSPS) is 28.9. The van der Waals surface area contributed by atoms with Crippen molar-refractivity contribution in [3.8, 4) is 0 Å². The Morgan fingerprint density at radius 2 is 1.88 bits per heavy atom. The van der Waals surface area contributed by atoms with E-state index in [4.69, 9.17) is 0 Å². The lowest BCUT2D eigenvalue weighted by molar-refractivity contribution is -0.0254. The second kappa shape index (κ2) is 6.82. The molecule has 1 saturated carbocycles. The highest BCUT2D eigenvalue weighted by molar-refractivity contribution is 7.08. The van der Waals surface area contributed by atoms with Gasteiger partial charge in [0, 0.05) is 38.4 Å². The summed E-state index contributed by atoms with van der Waals surface area (Å²) < 4.78 is 0. The van der Waals surface area contributed by atoms with Gasteiger partial charge in [-0.3, -0.25) is 4.90 Å². The molecule has 1 aliphatic carbocycles. The van der Waals surface area contributed by atoms with Gasteiger partial charge in [-0.25, -0.2) is 4.98 Å². The number of hydrogen-bond acceptors (Lipinski definition) is 5. The second-order valence-electron chi connectivity index (χ2n) is 6.99. The van der Waals surface area contributed by atoms with Crippen molar-refractivity contribution in [1.29, 1.82) is 0 Å². The van der Waals surface area contributed by atoms with E-state index >= 15 is 0 Å². The molecule has 0 spiro atoms. The summed E-state index contributed by atoms with van der Waals surface area (Å²) >= 11 is 1.68. The average molecular weight is 343 g/mol. The number of pyridine rings is 1. The van der Waals surface area contributed by atoms with Crippen molar-refractivity contribution in [2.45, 2.75) is 37.3 Å². The molecule has 4 nitrogen and oxygen atoms in total. The fraction of sp³-hybridized carbons (Fsp3) is 0.526. The van der Waals surface area contributed by atoms with Crippen molar-refractivity contribution < 1.29 is 5.11 Å². The van der Waals surface area contributed by atoms with E-state index in [9.17, 15) is 5.11 Å². The standard InChI is InChI=1S/C19H25N3OS/c23-19(16-6-14-24-15-16)7-4-17(5-8-19)21-10-12-22(13-11-21)18-3-1-2-9-20-18/h1-3,6,9,14-15,17,23H,4-5,7-8,10-13H2. The van der Waals surface area contributed by atoms with Crippen molar-refractivity contribution in [2.24, 2.45) is 0 Å². The third kappa shape index (κ3) is 3.21. The van der Waals surface area contributed by atoms with Crippen molar-refractivity contribution in [3.05, 3.63) is 46.8 Å². The summed E-state index contributed by atoms with van der Waals surface area (Å²) in [5, 5.41) is 15.1. The van der Waals surface area contributed by atoms with E-state index in [0.29, 0.717) is 6.04 Å². The van der Waals surface area contributed by atoms with Crippen LogP contribution in [0.4, 0.5) is 5.82 Å². The van der Waals surface area contributed by atoms with Crippen LogP contribution in [0.1, 0.15) is 31.2 Å². The van der Waals surface area contributed by atoms with Gasteiger partial charge < -0.3 is 10.0 Å². The summed E-state index contributed by atoms with van der Waals surface area (Å²) in [5.41, 5.74) is 0.526. The zero-order valence-electron chi connectivity index (χ0n) is 14.0. The molecule has 3 heterocycles. The van der Waals surface area contributed by atoms with Crippen molar-refractivity contribution in [1.82, 2.24) is 9.88 Å². The van der Waals surface area contributed by atoms with Crippen LogP contribution in [0.2, 0.25) is 0 Å². The highest BCUT2D eigenvalue weighted by Gasteiger charge is 2.37. The Morgan fingerprint density at radius 3 is 2.50 bits per heavy atom. The van der Waals surface area contributed by atoms with E-state index in [1.165, 1.54) is 0 Å². The number of anilines is 1. The van der Waals surface area contributed by atoms with Crippen molar-refractivity contribution in [2.75, 3.05) is 31.1 Å². The molecule has 2 aromatic rings. The second-order valence-corrected chi connectivity index (χ2v) is 7.77. The maximum atomic E-state index is 10.9. The molecule has 5 heteroatoms. The molecular weight excluding hydrogens is 318 g/mol. The molecule has 1 N–H and O–H groups in total. The fourth-order valence-electron chi connectivity index (χ4n) is 4.12. The van der Waals surface area contributed by atoms with Gasteiger partial charge in [-0.15, -0.1) is 0 Å². The lowest BCUT2D eigenvalue weighted by Gasteiger charge is -2.44. The van der Waals surface area contributed by atoms with Gasteiger partial charge in [-0.2, -0.15) is 11.3 Å². The van der Waals surface area contributed by atoms with Crippen LogP contribution in [0.5, 0.6) is 0 Å². The zero-order chi connectivity index (χ0) is 16.4. The highest BCUT2D eigenvalue weighted by atomic mass is 32.1. The first kappa shape index (κ1) is 16.1. The molecule has 2 aliphatic rings. The third-order valence-corrected chi connectivity index (χ3v) is 6.33. The van der Waals surface area contributed by atoms with Crippen molar-refractivity contribution in [3.63, 3.8) is 0 Å². The Hall–Kier alpha value is -1.43. The first-order valence-corrected chi connectivity index (χ1v) is 9.84. The van der Waals surface area contributed by atoms with Gasteiger partial charge in [-0.05, 0) is 60.2 Å². The van der Waals surface area contributed by atoms with Gasteiger partial charge in [0.05, 0.1) is 5.60 Å². The predicted octanol–water partition coefficient (Wildman–Crippen LogP) is 3.10. The largest absolute Gasteiger partial charge is 0.385 e. The third-order valence-electron chi connectivity index (χ3n) is 5.64. The number of hydrogen-bond donors (Lipinski definition) is 1. The monoisotopic (exact) mass is 343 g/mol. The lowest BCUT2D eigenvalue weighted by atomic mass is 9.78. The zero-order valence-corrected chi connectivity index (χ0v) is 14.8. The van der Waals surface area contributed by atoms with Gasteiger partial charge in [0.15, 0.2) is 0 Å². The van der Waals surface area contributed by atoms with Gasteiger partial charge >= 0.3 is 0 Å². The summed E-state index contributed by atoms with van der Waals surface area (Å²) in [6.45, 7) is 4.28. The lowest BCUT2D eigenvalue weighted by Crippen LogP contribution is -2.52. The first-order chi connectivity index (χ1) is 11.7. The number of nitrogens with zero attached hydrogens (tertiary/aromatic N) is 3. The molecule has 0 amide bonds. The van der Waals surface area contributed by atoms with E-state index in [1.807, 2.05) is 12.3 Å². The number of piperazine rings is 1. The van der Waals surface area contributed by atoms with Crippen LogP contribution in [0.15, 0.2) is 41.2 Å². The quantitative estimate of drug-likeness (QED) is 0.930. The SMILES string of the molecule is OC1(c2ccsc2)CCC(N2CCN(c3ccccn3)CC2)CC1. The van der Waals surface area contributed by atoms with Crippen LogP contribution in [0, 0.1) is 0 Å². The minimum absolute atomic E-state index is 0.591. The maximum Gasteiger partial charge on any atom is 0.128 e. The molecule has 0 aromatic carbocycles. The molecular formula is C19H25N3OS. The van der Waals surface area contributed by atoms with Crippen LogP contribution in [0.25, 0.3) is 0 Å². The summed E-state index contributed by atoms with van der Waals surface area (Å²) in [6.07, 6.45) is 5.82. The summed E-state index contributed by atoms with van der Waals surface area (Å²) in [5.74, 6) is 1.09. The molecule has 0 radical (unpaired) electrons. The number of rotatable bonds is 3. The highest BCUT2D eigenvalue weighted by Crippen LogP contribution is 2.39. The van der Waals surface area contributed by atoms with E-state index < -0.39 is 5.60 Å². The molecule has 2 aromatic heterocycles. The van der Waals surface area contributed by atoms with Crippen molar-refractivity contribution >= 4 is 17.2 Å². The fourth-order valence-corrected chi connectivity index (χ4v) is 4.87. The number of aromatic nitrogens is 1. The number of aliphatic hydroxyl groups is 1. The van der Waals surface area contributed by atoms with Gasteiger partial charge in [0.1, 0.15) is 5.82 Å². The Kier molecular flexibility index (Phi) is 4.57. The minimum atomic E-state index is -0.591. The molecule has 1 aliphatic heterocycles. The van der Waals surface area contributed by atoms with Crippen LogP contribution >= 0.6 is 11.3 Å². The summed E-state index contributed by atoms with van der Waals surface area (Å²) in [7, 11) is 0. The van der Waals surface area contributed by atoms with Crippen LogP contribution in [0.3, 0.4) is 0 Å². The molecule has 1 saturated heterocycles. The minimum Gasteiger partial charge on any atom is -0.385 e. The van der Waals surface area contributed by atoms with Gasteiger partial charge in [-0.1, -0.05) is 6.07 Å². The Labute approximate surface area is 147 Å². The summed E-state index contributed by atoms with van der Waals surface area (Å²) in [4.78, 5) is 9.46. The van der Waals surface area contributed by atoms with Crippen LogP contribution in [-0.2, 0) is 5.60 Å². The van der Waals surface area contributed by atoms with Gasteiger partial charge in [0.2, 0.25) is 0 Å². The van der Waals surface area contributed by atoms with E-state index in [0.717, 1.165) is 63.2 Å². The smallest absolute Gasteiger partial charge is 0.128 e. The Balaban J connectivity index is 1.31.